The predicted molar refractivity (Wildman–Crippen MR) is 95.2 cm³/mol. The van der Waals surface area contributed by atoms with E-state index in [2.05, 4.69) is 64.7 Å². The van der Waals surface area contributed by atoms with Crippen LogP contribution in [0.15, 0.2) is 28.9 Å². The molecule has 0 amide bonds. The van der Waals surface area contributed by atoms with Gasteiger partial charge in [0.1, 0.15) is 5.75 Å². The highest BCUT2D eigenvalue weighted by atomic mass is 28.4. The van der Waals surface area contributed by atoms with Crippen LogP contribution in [0.4, 0.5) is 0 Å². The molecule has 20 heavy (non-hydrogen) atoms. The quantitative estimate of drug-likeness (QED) is 0.493. The number of nitrogens with zero attached hydrogens (tertiary/aromatic N) is 1. The van der Waals surface area contributed by atoms with Crippen molar-refractivity contribution in [2.75, 3.05) is 0 Å². The molecule has 1 rings (SSSR count). The lowest BCUT2D eigenvalue weighted by Crippen LogP contribution is -2.39. The second-order valence-corrected chi connectivity index (χ2v) is 15.6. The van der Waals surface area contributed by atoms with E-state index in [-0.39, 0.29) is 0 Å². The highest BCUT2D eigenvalue weighted by molar-refractivity contribution is 6.75. The Bertz CT molecular complexity index is 440. The normalized spacial score (nSPS) is 12.9. The molecule has 0 fully saturated rings. The van der Waals surface area contributed by atoms with Crippen LogP contribution in [0.25, 0.3) is 0 Å². The van der Waals surface area contributed by atoms with Crippen molar-refractivity contribution in [1.29, 1.82) is 0 Å². The molecule has 2 nitrogen and oxygen atoms in total. The minimum absolute atomic E-state index is 1.02. The monoisotopic (exact) mass is 307 g/mol. The van der Waals surface area contributed by atoms with E-state index in [4.69, 9.17) is 9.08 Å². The number of hydrogen-bond donors (Lipinski definition) is 0. The second kappa shape index (κ2) is 7.22. The van der Waals surface area contributed by atoms with Crippen LogP contribution < -0.4 is 4.43 Å². The van der Waals surface area contributed by atoms with Crippen molar-refractivity contribution in [2.24, 2.45) is 4.66 Å². The van der Waals surface area contributed by atoms with Gasteiger partial charge in [0.25, 0.3) is 0 Å². The van der Waals surface area contributed by atoms with Crippen LogP contribution in [0.5, 0.6) is 5.75 Å². The van der Waals surface area contributed by atoms with Crippen molar-refractivity contribution < 1.29 is 4.43 Å². The van der Waals surface area contributed by atoms with Gasteiger partial charge in [-0.05, 0) is 55.5 Å². The Balaban J connectivity index is 2.91. The molecule has 0 aliphatic carbocycles. The zero-order valence-corrected chi connectivity index (χ0v) is 15.9. The molecular formula is C16H29NOSi2. The minimum Gasteiger partial charge on any atom is -0.543 e. The lowest BCUT2D eigenvalue weighted by Gasteiger charge is -2.29. The van der Waals surface area contributed by atoms with Gasteiger partial charge in [0.05, 0.1) is 0 Å². The van der Waals surface area contributed by atoms with E-state index < -0.39 is 16.6 Å². The number of rotatable bonds is 7. The summed E-state index contributed by atoms with van der Waals surface area (Å²) in [6, 6.07) is 11.9. The average Bonchev–Trinajstić information content (AvgIpc) is 2.42. The second-order valence-electron chi connectivity index (χ2n) is 6.35. The lowest BCUT2D eigenvalue weighted by atomic mass is 10.2. The van der Waals surface area contributed by atoms with Crippen LogP contribution >= 0.6 is 0 Å². The van der Waals surface area contributed by atoms with E-state index in [0.29, 0.717) is 0 Å². The maximum absolute atomic E-state index is 6.41. The van der Waals surface area contributed by atoms with E-state index in [1.165, 1.54) is 18.1 Å². The van der Waals surface area contributed by atoms with Gasteiger partial charge >= 0.3 is 0 Å². The maximum atomic E-state index is 6.41. The van der Waals surface area contributed by atoms with Gasteiger partial charge in [-0.25, -0.2) is 0 Å². The van der Waals surface area contributed by atoms with E-state index in [1.807, 2.05) is 6.21 Å². The first-order chi connectivity index (χ1) is 9.34. The third-order valence-electron chi connectivity index (χ3n) is 3.73. The van der Waals surface area contributed by atoms with Crippen LogP contribution in [-0.2, 0) is 0 Å². The molecule has 0 spiro atoms. The summed E-state index contributed by atoms with van der Waals surface area (Å²) in [5.41, 5.74) is 1.15. The van der Waals surface area contributed by atoms with Crippen LogP contribution in [0.2, 0.25) is 37.8 Å². The molecule has 4 heteroatoms. The van der Waals surface area contributed by atoms with Crippen molar-refractivity contribution in [2.45, 2.75) is 58.5 Å². The molecule has 0 saturated carbocycles. The van der Waals surface area contributed by atoms with Crippen LogP contribution in [0.3, 0.4) is 0 Å². The number of benzene rings is 1. The lowest BCUT2D eigenvalue weighted by molar-refractivity contribution is 0.532. The van der Waals surface area contributed by atoms with Gasteiger partial charge in [-0.15, -0.1) is 0 Å². The Morgan fingerprint density at radius 1 is 1.05 bits per heavy atom. The zero-order valence-electron chi connectivity index (χ0n) is 13.9. The Morgan fingerprint density at radius 3 is 2.15 bits per heavy atom. The van der Waals surface area contributed by atoms with Crippen molar-refractivity contribution >= 4 is 22.8 Å². The molecule has 0 radical (unpaired) electrons. The van der Waals surface area contributed by atoms with Crippen molar-refractivity contribution in [3.05, 3.63) is 29.8 Å². The van der Waals surface area contributed by atoms with Crippen LogP contribution in [0, 0.1) is 0 Å². The van der Waals surface area contributed by atoms with Crippen molar-refractivity contribution in [3.8, 4) is 5.75 Å². The Labute approximate surface area is 126 Å². The Kier molecular flexibility index (Phi) is 6.20. The Morgan fingerprint density at radius 2 is 1.65 bits per heavy atom. The summed E-state index contributed by atoms with van der Waals surface area (Å²) in [6.45, 7) is 13.5. The summed E-state index contributed by atoms with van der Waals surface area (Å²) < 4.78 is 11.1. The fraction of sp³-hybridized carbons (Fsp3) is 0.562. The first-order valence-corrected chi connectivity index (χ1v) is 13.7. The topological polar surface area (TPSA) is 21.6 Å². The number of hydrogen-bond acceptors (Lipinski definition) is 2. The SMILES string of the molecule is CC[Si](CC)(CC)Oc1cccc(/C=N/[Si](C)(C)C)c1. The molecule has 0 heterocycles. The summed E-state index contributed by atoms with van der Waals surface area (Å²) in [7, 11) is -2.96. The molecule has 112 valence electrons. The van der Waals surface area contributed by atoms with Gasteiger partial charge in [0, 0.05) is 6.21 Å². The molecule has 0 aromatic heterocycles. The van der Waals surface area contributed by atoms with E-state index in [0.717, 1.165) is 11.3 Å². The highest BCUT2D eigenvalue weighted by Crippen LogP contribution is 2.25. The molecule has 0 bridgehead atoms. The third-order valence-corrected chi connectivity index (χ3v) is 9.16. The maximum Gasteiger partial charge on any atom is 0.250 e. The molecule has 1 aromatic carbocycles. The first kappa shape index (κ1) is 17.2. The van der Waals surface area contributed by atoms with Gasteiger partial charge in [-0.3, -0.25) is 0 Å². The van der Waals surface area contributed by atoms with Crippen molar-refractivity contribution in [1.82, 2.24) is 0 Å². The molecule has 0 atom stereocenters. The summed E-state index contributed by atoms with van der Waals surface area (Å²) in [4.78, 5) is 0. The van der Waals surface area contributed by atoms with Gasteiger partial charge < -0.3 is 9.08 Å². The molecule has 0 unspecified atom stereocenters. The summed E-state index contributed by atoms with van der Waals surface area (Å²) >= 11 is 0. The fourth-order valence-corrected chi connectivity index (χ4v) is 5.24. The van der Waals surface area contributed by atoms with Gasteiger partial charge in [0.2, 0.25) is 8.32 Å². The standard InChI is InChI=1S/C16H29NOSi2/c1-7-20(8-2,9-3)18-16-12-10-11-15(13-16)14-17-19(4,5)6/h10-14H,7-9H2,1-6H3/b17-14+. The van der Waals surface area contributed by atoms with Crippen LogP contribution in [0.1, 0.15) is 26.3 Å². The summed E-state index contributed by atoms with van der Waals surface area (Å²) in [5.74, 6) is 1.02. The first-order valence-electron chi connectivity index (χ1n) is 7.68. The average molecular weight is 308 g/mol. The smallest absolute Gasteiger partial charge is 0.250 e. The molecule has 0 aliphatic heterocycles. The largest absolute Gasteiger partial charge is 0.543 e. The van der Waals surface area contributed by atoms with Gasteiger partial charge in [0.15, 0.2) is 8.24 Å². The van der Waals surface area contributed by atoms with E-state index >= 15 is 0 Å². The van der Waals surface area contributed by atoms with Crippen LogP contribution in [-0.4, -0.2) is 22.8 Å². The summed E-state index contributed by atoms with van der Waals surface area (Å²) in [5, 5.41) is 0. The van der Waals surface area contributed by atoms with Gasteiger partial charge in [-0.2, -0.15) is 0 Å². The summed E-state index contributed by atoms with van der Waals surface area (Å²) in [6.07, 6.45) is 2.01. The zero-order chi connectivity index (χ0) is 15.2. The molecule has 1 aromatic rings. The minimum atomic E-state index is -1.58. The van der Waals surface area contributed by atoms with E-state index in [1.54, 1.807) is 0 Å². The Hall–Kier alpha value is -0.876. The molecule has 0 saturated heterocycles. The fourth-order valence-electron chi connectivity index (χ4n) is 2.14. The third kappa shape index (κ3) is 5.25. The molecule has 0 aliphatic rings. The van der Waals surface area contributed by atoms with Crippen molar-refractivity contribution in [3.63, 3.8) is 0 Å². The highest BCUT2D eigenvalue weighted by Gasteiger charge is 2.30. The molecule has 0 N–H and O–H groups in total. The predicted octanol–water partition coefficient (Wildman–Crippen LogP) is 5.32. The van der Waals surface area contributed by atoms with E-state index in [9.17, 15) is 0 Å². The van der Waals surface area contributed by atoms with Gasteiger partial charge in [-0.1, -0.05) is 32.9 Å². The molecular weight excluding hydrogens is 278 g/mol.